The lowest BCUT2D eigenvalue weighted by atomic mass is 9.82. The molecule has 0 spiro atoms. The van der Waals surface area contributed by atoms with E-state index >= 15 is 0 Å². The molecule has 0 saturated carbocycles. The number of fused-ring (bicyclic) bond motifs is 1. The quantitative estimate of drug-likeness (QED) is 0.343. The topological polar surface area (TPSA) is 105 Å². The zero-order chi connectivity index (χ0) is 30.5. The van der Waals surface area contributed by atoms with E-state index in [-0.39, 0.29) is 42.3 Å². The fraction of sp³-hybridized carbons (Fsp3) is 0.167. The Labute approximate surface area is 241 Å². The lowest BCUT2D eigenvalue weighted by molar-refractivity contribution is -0.138. The molecule has 0 unspecified atom stereocenters. The summed E-state index contributed by atoms with van der Waals surface area (Å²) >= 11 is 0. The molecule has 3 heterocycles. The standard InChI is InChI=1S/C30H21F5N6O2/c31-21-6-2-19(3-7-21)29(20-4-8-22(32)9-5-20)27(43)41(28(36)39-29)13-17-1-10-24(30(33,34)35)23(11-17)26(42)40-14-18-12-37-16-38-25(18)15-40/h1-12,16H,13-15H2,(H2,36,39). The van der Waals surface area contributed by atoms with Crippen LogP contribution in [0.4, 0.5) is 22.0 Å². The predicted molar refractivity (Wildman–Crippen MR) is 143 cm³/mol. The van der Waals surface area contributed by atoms with Crippen molar-refractivity contribution in [2.45, 2.75) is 31.3 Å². The minimum absolute atomic E-state index is 0.0142. The Morgan fingerprint density at radius 3 is 2.14 bits per heavy atom. The highest BCUT2D eigenvalue weighted by molar-refractivity contribution is 6.09. The summed E-state index contributed by atoms with van der Waals surface area (Å²) in [6.07, 6.45) is -2.03. The first kappa shape index (κ1) is 27.9. The lowest BCUT2D eigenvalue weighted by Crippen LogP contribution is -2.43. The van der Waals surface area contributed by atoms with Crippen LogP contribution >= 0.6 is 0 Å². The second-order valence-corrected chi connectivity index (χ2v) is 10.1. The summed E-state index contributed by atoms with van der Waals surface area (Å²) in [4.78, 5) is 42.2. The minimum Gasteiger partial charge on any atom is -0.369 e. The Morgan fingerprint density at radius 1 is 0.930 bits per heavy atom. The van der Waals surface area contributed by atoms with Crippen LogP contribution in [-0.2, 0) is 36.1 Å². The number of amides is 2. The molecule has 8 nitrogen and oxygen atoms in total. The van der Waals surface area contributed by atoms with Crippen LogP contribution in [0.5, 0.6) is 0 Å². The van der Waals surface area contributed by atoms with Crippen molar-refractivity contribution in [2.75, 3.05) is 0 Å². The van der Waals surface area contributed by atoms with E-state index in [1.54, 1.807) is 0 Å². The lowest BCUT2D eigenvalue weighted by Gasteiger charge is -2.27. The molecule has 6 rings (SSSR count). The van der Waals surface area contributed by atoms with Crippen LogP contribution in [0.3, 0.4) is 0 Å². The number of benzene rings is 3. The van der Waals surface area contributed by atoms with E-state index in [2.05, 4.69) is 15.0 Å². The monoisotopic (exact) mass is 592 g/mol. The number of hydrogen-bond acceptors (Lipinski definition) is 6. The molecule has 2 aliphatic rings. The zero-order valence-corrected chi connectivity index (χ0v) is 22.1. The average molecular weight is 593 g/mol. The van der Waals surface area contributed by atoms with Crippen LogP contribution in [0.25, 0.3) is 0 Å². The molecule has 2 N–H and O–H groups in total. The van der Waals surface area contributed by atoms with Gasteiger partial charge in [0.25, 0.3) is 11.8 Å². The molecule has 13 heteroatoms. The van der Waals surface area contributed by atoms with E-state index in [9.17, 15) is 31.5 Å². The van der Waals surface area contributed by atoms with Crippen molar-refractivity contribution in [1.29, 1.82) is 0 Å². The van der Waals surface area contributed by atoms with Crippen molar-refractivity contribution in [3.05, 3.63) is 130 Å². The second kappa shape index (κ2) is 10.3. The molecule has 2 aliphatic heterocycles. The molecule has 0 bridgehead atoms. The van der Waals surface area contributed by atoms with Crippen LogP contribution in [0, 0.1) is 11.6 Å². The van der Waals surface area contributed by atoms with Gasteiger partial charge in [-0.1, -0.05) is 30.3 Å². The fourth-order valence-electron chi connectivity index (χ4n) is 5.37. The van der Waals surface area contributed by atoms with Crippen LogP contribution in [-0.4, -0.2) is 37.5 Å². The smallest absolute Gasteiger partial charge is 0.369 e. The number of nitrogens with zero attached hydrogens (tertiary/aromatic N) is 5. The molecular formula is C30H21F5N6O2. The normalized spacial score (nSPS) is 15.9. The Morgan fingerprint density at radius 2 is 1.56 bits per heavy atom. The van der Waals surface area contributed by atoms with Crippen molar-refractivity contribution < 1.29 is 31.5 Å². The molecular weight excluding hydrogens is 571 g/mol. The Bertz CT molecular complexity index is 1700. The Hall–Kier alpha value is -5.20. The van der Waals surface area contributed by atoms with Gasteiger partial charge in [0.2, 0.25) is 0 Å². The molecule has 0 saturated heterocycles. The number of alkyl halides is 3. The van der Waals surface area contributed by atoms with Crippen molar-refractivity contribution in [3.63, 3.8) is 0 Å². The van der Waals surface area contributed by atoms with Crippen molar-refractivity contribution in [3.8, 4) is 0 Å². The van der Waals surface area contributed by atoms with E-state index in [1.807, 2.05) is 0 Å². The number of hydrogen-bond donors (Lipinski definition) is 1. The molecule has 1 aromatic heterocycles. The fourth-order valence-corrected chi connectivity index (χ4v) is 5.37. The summed E-state index contributed by atoms with van der Waals surface area (Å²) in [5.41, 5.74) is 4.51. The van der Waals surface area contributed by atoms with E-state index in [1.165, 1.54) is 41.7 Å². The maximum absolute atomic E-state index is 14.1. The molecule has 43 heavy (non-hydrogen) atoms. The molecule has 0 atom stereocenters. The Kier molecular flexibility index (Phi) is 6.67. The first-order valence-electron chi connectivity index (χ1n) is 12.9. The SMILES string of the molecule is NC1=NC(c2ccc(F)cc2)(c2ccc(F)cc2)C(=O)N1Cc1ccc(C(F)(F)F)c(C(=O)N2Cc3cncnc3C2)c1. The first-order valence-corrected chi connectivity index (χ1v) is 12.9. The predicted octanol–water partition coefficient (Wildman–Crippen LogP) is 4.53. The van der Waals surface area contributed by atoms with Gasteiger partial charge < -0.3 is 10.6 Å². The third kappa shape index (κ3) is 4.86. The number of carbonyl (C=O) groups is 2. The number of rotatable bonds is 5. The van der Waals surface area contributed by atoms with Gasteiger partial charge in [0.1, 0.15) is 18.0 Å². The van der Waals surface area contributed by atoms with Crippen LogP contribution in [0.2, 0.25) is 0 Å². The number of nitrogens with two attached hydrogens (primary N) is 1. The number of aromatic nitrogens is 2. The van der Waals surface area contributed by atoms with E-state index < -0.39 is 46.3 Å². The van der Waals surface area contributed by atoms with Gasteiger partial charge in [-0.3, -0.25) is 14.5 Å². The van der Waals surface area contributed by atoms with Crippen molar-refractivity contribution in [2.24, 2.45) is 10.7 Å². The maximum Gasteiger partial charge on any atom is 0.417 e. The van der Waals surface area contributed by atoms with Crippen molar-refractivity contribution >= 4 is 17.8 Å². The number of carbonyl (C=O) groups excluding carboxylic acids is 2. The summed E-state index contributed by atoms with van der Waals surface area (Å²) in [7, 11) is 0. The molecule has 0 radical (unpaired) electrons. The zero-order valence-electron chi connectivity index (χ0n) is 22.1. The minimum atomic E-state index is -4.83. The van der Waals surface area contributed by atoms with Gasteiger partial charge in [-0.2, -0.15) is 13.2 Å². The summed E-state index contributed by atoms with van der Waals surface area (Å²) < 4.78 is 69.6. The molecule has 0 aliphatic carbocycles. The first-order chi connectivity index (χ1) is 20.5. The van der Waals surface area contributed by atoms with Gasteiger partial charge >= 0.3 is 6.18 Å². The third-order valence-corrected chi connectivity index (χ3v) is 7.47. The van der Waals surface area contributed by atoms with Gasteiger partial charge in [-0.15, -0.1) is 0 Å². The van der Waals surface area contributed by atoms with Crippen LogP contribution in [0.1, 0.15) is 43.9 Å². The van der Waals surface area contributed by atoms with E-state index in [0.29, 0.717) is 11.3 Å². The Balaban J connectivity index is 1.36. The molecule has 4 aromatic rings. The van der Waals surface area contributed by atoms with Gasteiger partial charge in [-0.05, 0) is 53.1 Å². The van der Waals surface area contributed by atoms with E-state index in [0.717, 1.165) is 47.4 Å². The van der Waals surface area contributed by atoms with Crippen LogP contribution < -0.4 is 5.73 Å². The second-order valence-electron chi connectivity index (χ2n) is 10.1. The molecule has 2 amide bonds. The summed E-state index contributed by atoms with van der Waals surface area (Å²) in [6.45, 7) is -0.276. The summed E-state index contributed by atoms with van der Waals surface area (Å²) in [6, 6.07) is 13.0. The van der Waals surface area contributed by atoms with Gasteiger partial charge in [0.05, 0.1) is 29.9 Å². The number of guanidine groups is 1. The highest BCUT2D eigenvalue weighted by Gasteiger charge is 2.50. The maximum atomic E-state index is 14.1. The summed E-state index contributed by atoms with van der Waals surface area (Å²) in [5, 5.41) is 0. The van der Waals surface area contributed by atoms with Gasteiger partial charge in [0, 0.05) is 18.3 Å². The van der Waals surface area contributed by atoms with Crippen molar-refractivity contribution in [1.82, 2.24) is 19.8 Å². The third-order valence-electron chi connectivity index (χ3n) is 7.47. The highest BCUT2D eigenvalue weighted by Crippen LogP contribution is 2.41. The average Bonchev–Trinajstić information content (AvgIpc) is 3.52. The number of aliphatic imine (C=N–C) groups is 1. The number of halogens is 5. The van der Waals surface area contributed by atoms with Gasteiger partial charge in [0.15, 0.2) is 11.5 Å². The summed E-state index contributed by atoms with van der Waals surface area (Å²) in [5.74, 6) is -2.95. The molecule has 0 fully saturated rings. The molecule has 3 aromatic carbocycles. The highest BCUT2D eigenvalue weighted by atomic mass is 19.4. The largest absolute Gasteiger partial charge is 0.417 e. The van der Waals surface area contributed by atoms with Gasteiger partial charge in [-0.25, -0.2) is 23.7 Å². The molecule has 218 valence electrons. The van der Waals surface area contributed by atoms with Crippen LogP contribution in [0.15, 0.2) is 84.2 Å². The van der Waals surface area contributed by atoms with E-state index in [4.69, 9.17) is 5.73 Å².